The van der Waals surface area contributed by atoms with Crippen LogP contribution in [0.4, 0.5) is 10.1 Å². The molecule has 1 amide bonds. The second-order valence-electron chi connectivity index (χ2n) is 4.65. The molecule has 0 aliphatic rings. The molecule has 0 saturated heterocycles. The lowest BCUT2D eigenvalue weighted by molar-refractivity contribution is -0.123. The van der Waals surface area contributed by atoms with E-state index in [0.29, 0.717) is 5.69 Å². The Morgan fingerprint density at radius 3 is 2.43 bits per heavy atom. The fraction of sp³-hybridized carbons (Fsp3) is 0.125. The SMILES string of the molecule is C[C@H](OC(=O)c1cccc(Cl)c1Cl)C(=O)Nc1ccc(F)cc1. The van der Waals surface area contributed by atoms with Gasteiger partial charge in [0.15, 0.2) is 6.10 Å². The van der Waals surface area contributed by atoms with E-state index in [1.807, 2.05) is 0 Å². The first kappa shape index (κ1) is 17.2. The van der Waals surface area contributed by atoms with Crippen molar-refractivity contribution >= 4 is 40.8 Å². The van der Waals surface area contributed by atoms with Crippen LogP contribution in [0.1, 0.15) is 17.3 Å². The van der Waals surface area contributed by atoms with Gasteiger partial charge in [-0.15, -0.1) is 0 Å². The topological polar surface area (TPSA) is 55.4 Å². The summed E-state index contributed by atoms with van der Waals surface area (Å²) in [6, 6.07) is 9.74. The van der Waals surface area contributed by atoms with Gasteiger partial charge in [-0.25, -0.2) is 9.18 Å². The molecule has 120 valence electrons. The Balaban J connectivity index is 2.01. The van der Waals surface area contributed by atoms with E-state index in [-0.39, 0.29) is 15.6 Å². The summed E-state index contributed by atoms with van der Waals surface area (Å²) in [4.78, 5) is 24.0. The first-order chi connectivity index (χ1) is 10.9. The van der Waals surface area contributed by atoms with Crippen molar-refractivity contribution in [2.24, 2.45) is 0 Å². The zero-order chi connectivity index (χ0) is 17.0. The van der Waals surface area contributed by atoms with E-state index >= 15 is 0 Å². The van der Waals surface area contributed by atoms with Crippen molar-refractivity contribution in [1.82, 2.24) is 0 Å². The van der Waals surface area contributed by atoms with Crippen LogP contribution < -0.4 is 5.32 Å². The third kappa shape index (κ3) is 4.43. The molecule has 0 unspecified atom stereocenters. The Morgan fingerprint density at radius 2 is 1.78 bits per heavy atom. The molecule has 23 heavy (non-hydrogen) atoms. The first-order valence-electron chi connectivity index (χ1n) is 6.60. The molecular weight excluding hydrogens is 344 g/mol. The standard InChI is InChI=1S/C16H12Cl2FNO3/c1-9(15(21)20-11-7-5-10(19)6-8-11)23-16(22)12-3-2-4-13(17)14(12)18/h2-9H,1H3,(H,20,21)/t9-/m0/s1. The molecule has 0 radical (unpaired) electrons. The summed E-state index contributed by atoms with van der Waals surface area (Å²) in [6.07, 6.45) is -1.07. The quantitative estimate of drug-likeness (QED) is 0.831. The van der Waals surface area contributed by atoms with Crippen LogP contribution in [0.5, 0.6) is 0 Å². The van der Waals surface area contributed by atoms with Gasteiger partial charge in [-0.2, -0.15) is 0 Å². The number of carbonyl (C=O) groups is 2. The van der Waals surface area contributed by atoms with Gasteiger partial charge in [0, 0.05) is 5.69 Å². The van der Waals surface area contributed by atoms with Crippen LogP contribution in [0.15, 0.2) is 42.5 Å². The molecule has 0 aliphatic carbocycles. The second-order valence-corrected chi connectivity index (χ2v) is 5.43. The van der Waals surface area contributed by atoms with Crippen LogP contribution in [-0.2, 0) is 9.53 Å². The maximum absolute atomic E-state index is 12.8. The van der Waals surface area contributed by atoms with Gasteiger partial charge in [-0.1, -0.05) is 29.3 Å². The smallest absolute Gasteiger partial charge is 0.340 e. The average molecular weight is 356 g/mol. The van der Waals surface area contributed by atoms with Crippen molar-refractivity contribution in [3.8, 4) is 0 Å². The number of anilines is 1. The summed E-state index contributed by atoms with van der Waals surface area (Å²) in [5, 5.41) is 2.78. The largest absolute Gasteiger partial charge is 0.449 e. The maximum Gasteiger partial charge on any atom is 0.340 e. The van der Waals surface area contributed by atoms with Gasteiger partial charge < -0.3 is 10.1 Å². The van der Waals surface area contributed by atoms with Crippen LogP contribution in [0.2, 0.25) is 10.0 Å². The summed E-state index contributed by atoms with van der Waals surface area (Å²) >= 11 is 11.8. The minimum absolute atomic E-state index is 0.0605. The molecule has 0 aliphatic heterocycles. The zero-order valence-corrected chi connectivity index (χ0v) is 13.5. The van der Waals surface area contributed by atoms with Gasteiger partial charge >= 0.3 is 5.97 Å². The number of esters is 1. The summed E-state index contributed by atoms with van der Waals surface area (Å²) < 4.78 is 17.9. The van der Waals surface area contributed by atoms with Crippen LogP contribution in [0, 0.1) is 5.82 Å². The van der Waals surface area contributed by atoms with E-state index in [4.69, 9.17) is 27.9 Å². The predicted molar refractivity (Wildman–Crippen MR) is 86.4 cm³/mol. The highest BCUT2D eigenvalue weighted by molar-refractivity contribution is 6.43. The van der Waals surface area contributed by atoms with Gasteiger partial charge in [0.2, 0.25) is 0 Å². The number of amides is 1. The molecule has 0 aromatic heterocycles. The van der Waals surface area contributed by atoms with E-state index in [1.54, 1.807) is 6.07 Å². The molecule has 2 aromatic carbocycles. The number of nitrogens with one attached hydrogen (secondary N) is 1. The van der Waals surface area contributed by atoms with Gasteiger partial charge in [-0.3, -0.25) is 4.79 Å². The fourth-order valence-corrected chi connectivity index (χ4v) is 2.09. The third-order valence-electron chi connectivity index (χ3n) is 2.94. The second kappa shape index (κ2) is 7.44. The first-order valence-corrected chi connectivity index (χ1v) is 7.35. The van der Waals surface area contributed by atoms with Crippen LogP contribution in [0.3, 0.4) is 0 Å². The lowest BCUT2D eigenvalue weighted by Gasteiger charge is -2.14. The van der Waals surface area contributed by atoms with Crippen molar-refractivity contribution in [1.29, 1.82) is 0 Å². The van der Waals surface area contributed by atoms with Crippen molar-refractivity contribution in [3.63, 3.8) is 0 Å². The Bertz CT molecular complexity index is 735. The van der Waals surface area contributed by atoms with Gasteiger partial charge in [0.1, 0.15) is 5.82 Å². The molecule has 0 bridgehead atoms. The highest BCUT2D eigenvalue weighted by Crippen LogP contribution is 2.26. The van der Waals surface area contributed by atoms with Crippen molar-refractivity contribution in [2.45, 2.75) is 13.0 Å². The molecule has 1 N–H and O–H groups in total. The number of rotatable bonds is 4. The van der Waals surface area contributed by atoms with Crippen molar-refractivity contribution < 1.29 is 18.7 Å². The Kier molecular flexibility index (Phi) is 5.58. The van der Waals surface area contributed by atoms with Crippen molar-refractivity contribution in [3.05, 3.63) is 63.9 Å². The number of ether oxygens (including phenoxy) is 1. The van der Waals surface area contributed by atoms with Gasteiger partial charge in [0.25, 0.3) is 5.91 Å². The molecule has 0 saturated carbocycles. The van der Waals surface area contributed by atoms with Crippen LogP contribution >= 0.6 is 23.2 Å². The minimum Gasteiger partial charge on any atom is -0.449 e. The van der Waals surface area contributed by atoms with E-state index in [1.165, 1.54) is 43.3 Å². The summed E-state index contributed by atoms with van der Waals surface area (Å²) in [6.45, 7) is 1.41. The monoisotopic (exact) mass is 355 g/mol. The summed E-state index contributed by atoms with van der Waals surface area (Å²) in [5.74, 6) is -1.74. The summed E-state index contributed by atoms with van der Waals surface area (Å²) in [5.41, 5.74) is 0.459. The molecule has 2 rings (SSSR count). The highest BCUT2D eigenvalue weighted by atomic mass is 35.5. The van der Waals surface area contributed by atoms with E-state index in [0.717, 1.165) is 0 Å². The van der Waals surface area contributed by atoms with E-state index in [2.05, 4.69) is 5.32 Å². The van der Waals surface area contributed by atoms with Crippen molar-refractivity contribution in [2.75, 3.05) is 5.32 Å². The minimum atomic E-state index is -1.07. The molecule has 2 aromatic rings. The van der Waals surface area contributed by atoms with E-state index in [9.17, 15) is 14.0 Å². The highest BCUT2D eigenvalue weighted by Gasteiger charge is 2.21. The molecule has 0 heterocycles. The third-order valence-corrected chi connectivity index (χ3v) is 3.76. The molecule has 4 nitrogen and oxygen atoms in total. The van der Waals surface area contributed by atoms with E-state index < -0.39 is 23.8 Å². The lowest BCUT2D eigenvalue weighted by Crippen LogP contribution is -2.30. The molecule has 0 spiro atoms. The maximum atomic E-state index is 12.8. The molecular formula is C16H12Cl2FNO3. The van der Waals surface area contributed by atoms with Crippen LogP contribution in [0.25, 0.3) is 0 Å². The predicted octanol–water partition coefficient (Wildman–Crippen LogP) is 4.32. The number of hydrogen-bond acceptors (Lipinski definition) is 3. The average Bonchev–Trinajstić information content (AvgIpc) is 2.52. The fourth-order valence-electron chi connectivity index (χ4n) is 1.72. The Hall–Kier alpha value is -2.11. The number of benzene rings is 2. The lowest BCUT2D eigenvalue weighted by atomic mass is 10.2. The Morgan fingerprint density at radius 1 is 1.13 bits per heavy atom. The zero-order valence-electron chi connectivity index (χ0n) is 12.0. The number of carbonyl (C=O) groups excluding carboxylic acids is 2. The molecule has 1 atom stereocenters. The van der Waals surface area contributed by atoms with Crippen LogP contribution in [-0.4, -0.2) is 18.0 Å². The molecule has 0 fully saturated rings. The normalized spacial score (nSPS) is 11.7. The number of halogens is 3. The molecule has 7 heteroatoms. The van der Waals surface area contributed by atoms with Gasteiger partial charge in [-0.05, 0) is 43.3 Å². The summed E-state index contributed by atoms with van der Waals surface area (Å²) in [7, 11) is 0. The Labute approximate surface area is 142 Å². The number of hydrogen-bond donors (Lipinski definition) is 1. The van der Waals surface area contributed by atoms with Gasteiger partial charge in [0.05, 0.1) is 15.6 Å².